The molecule has 12 nitrogen and oxygen atoms in total. The maximum atomic E-state index is 13.3. The summed E-state index contributed by atoms with van der Waals surface area (Å²) in [5.41, 5.74) is 3.55. The molecule has 0 atom stereocenters. The van der Waals surface area contributed by atoms with Crippen molar-refractivity contribution in [3.63, 3.8) is 0 Å². The third-order valence-corrected chi connectivity index (χ3v) is 7.57. The van der Waals surface area contributed by atoms with Gasteiger partial charge in [-0.25, -0.2) is 9.59 Å². The van der Waals surface area contributed by atoms with Crippen LogP contribution < -0.4 is 26.1 Å². The first kappa shape index (κ1) is 30.7. The Morgan fingerprint density at radius 3 is 2.48 bits per heavy atom. The number of hydrazone groups is 1. The van der Waals surface area contributed by atoms with E-state index in [9.17, 15) is 19.5 Å². The zero-order valence-electron chi connectivity index (χ0n) is 23.3. The molecule has 2 aromatic heterocycles. The first-order valence-corrected chi connectivity index (χ1v) is 13.9. The van der Waals surface area contributed by atoms with Crippen molar-refractivity contribution in [1.82, 2.24) is 18.7 Å². The third-order valence-electron chi connectivity index (χ3n) is 6.65. The molecule has 2 N–H and O–H groups in total. The largest absolute Gasteiger partial charge is 0.493 e. The van der Waals surface area contributed by atoms with E-state index in [1.807, 2.05) is 0 Å². The van der Waals surface area contributed by atoms with Gasteiger partial charge in [-0.2, -0.15) is 10.1 Å². The number of carboxylic acid groups (broad SMARTS) is 1. The number of anilines is 1. The number of halogens is 3. The summed E-state index contributed by atoms with van der Waals surface area (Å²) in [6.45, 7) is 0.0856. The molecule has 0 radical (unpaired) electrons. The van der Waals surface area contributed by atoms with E-state index in [0.29, 0.717) is 32.6 Å². The Morgan fingerprint density at radius 2 is 1.77 bits per heavy atom. The molecule has 0 saturated heterocycles. The number of carbonyl (C=O) groups is 1. The molecular formula is C29H23Cl3N6O6. The van der Waals surface area contributed by atoms with Crippen LogP contribution in [0.25, 0.3) is 11.2 Å². The number of nitrogens with one attached hydrogen (secondary N) is 1. The van der Waals surface area contributed by atoms with Crippen molar-refractivity contribution in [2.45, 2.75) is 6.54 Å². The molecule has 0 amide bonds. The Hall–Kier alpha value is -4.78. The van der Waals surface area contributed by atoms with Gasteiger partial charge in [-0.05, 0) is 59.7 Å². The van der Waals surface area contributed by atoms with Crippen molar-refractivity contribution >= 4 is 63.8 Å². The average Bonchev–Trinajstić information content (AvgIpc) is 3.35. The summed E-state index contributed by atoms with van der Waals surface area (Å²) in [5.74, 6) is -0.573. The SMILES string of the molecule is COc1cc(C=NNc2ccc(Cl)c(C(=O)O)c2)ccc1Oc1nc2c(c(=O)n(C)c(=O)n2C)n1Cc1ccc(Cl)cc1Cl. The molecule has 0 saturated carbocycles. The van der Waals surface area contributed by atoms with E-state index >= 15 is 0 Å². The van der Waals surface area contributed by atoms with Crippen LogP contribution in [0, 0.1) is 0 Å². The fourth-order valence-corrected chi connectivity index (χ4v) is 5.03. The standard InChI is InChI=1S/C29H23Cl3N6O6/c1-36-25-24(26(39)37(2)29(36)42)38(14-16-5-6-17(30)11-21(16)32)28(34-25)44-22-9-4-15(10-23(22)43-3)13-33-35-18-7-8-20(31)19(12-18)27(40)41/h4-13,35H,14H2,1-3H3,(H,40,41). The second kappa shape index (κ2) is 12.4. The number of hydrogen-bond acceptors (Lipinski definition) is 8. The monoisotopic (exact) mass is 656 g/mol. The van der Waals surface area contributed by atoms with Crippen molar-refractivity contribution in [3.05, 3.63) is 107 Å². The maximum absolute atomic E-state index is 13.3. The highest BCUT2D eigenvalue weighted by Crippen LogP contribution is 2.34. The molecule has 0 unspecified atom stereocenters. The van der Waals surface area contributed by atoms with E-state index in [1.54, 1.807) is 42.5 Å². The van der Waals surface area contributed by atoms with Gasteiger partial charge in [-0.3, -0.25) is 23.9 Å². The van der Waals surface area contributed by atoms with Gasteiger partial charge in [0.15, 0.2) is 22.7 Å². The summed E-state index contributed by atoms with van der Waals surface area (Å²) >= 11 is 18.4. The molecule has 0 aliphatic heterocycles. The molecule has 0 aliphatic carbocycles. The van der Waals surface area contributed by atoms with E-state index in [-0.39, 0.29) is 40.1 Å². The summed E-state index contributed by atoms with van der Waals surface area (Å²) in [4.78, 5) is 41.7. The smallest absolute Gasteiger partial charge is 0.337 e. The van der Waals surface area contributed by atoms with Gasteiger partial charge in [0, 0.05) is 24.1 Å². The number of fused-ring (bicyclic) bond motifs is 1. The van der Waals surface area contributed by atoms with Crippen LogP contribution in [0.1, 0.15) is 21.5 Å². The second-order valence-electron chi connectivity index (χ2n) is 9.48. The number of hydrogen-bond donors (Lipinski definition) is 2. The number of imidazole rings is 1. The molecule has 15 heteroatoms. The van der Waals surface area contributed by atoms with E-state index in [2.05, 4.69) is 15.5 Å². The van der Waals surface area contributed by atoms with Crippen molar-refractivity contribution in [1.29, 1.82) is 0 Å². The van der Waals surface area contributed by atoms with Gasteiger partial charge >= 0.3 is 17.7 Å². The lowest BCUT2D eigenvalue weighted by atomic mass is 10.2. The minimum atomic E-state index is -1.16. The van der Waals surface area contributed by atoms with Crippen LogP contribution in [0.4, 0.5) is 5.69 Å². The topological polar surface area (TPSA) is 142 Å². The lowest BCUT2D eigenvalue weighted by molar-refractivity contribution is 0.0697. The molecule has 2 heterocycles. The highest BCUT2D eigenvalue weighted by molar-refractivity contribution is 6.35. The fourth-order valence-electron chi connectivity index (χ4n) is 4.36. The third kappa shape index (κ3) is 6.00. The van der Waals surface area contributed by atoms with Crippen molar-refractivity contribution < 1.29 is 19.4 Å². The van der Waals surface area contributed by atoms with Crippen LogP contribution in [-0.2, 0) is 20.6 Å². The van der Waals surface area contributed by atoms with Crippen LogP contribution in [0.3, 0.4) is 0 Å². The predicted octanol–water partition coefficient (Wildman–Crippen LogP) is 5.39. The van der Waals surface area contributed by atoms with Gasteiger partial charge in [0.05, 0.1) is 36.1 Å². The number of methoxy groups -OCH3 is 1. The van der Waals surface area contributed by atoms with Crippen molar-refractivity contribution in [2.75, 3.05) is 12.5 Å². The van der Waals surface area contributed by atoms with Crippen LogP contribution in [-0.4, -0.2) is 43.1 Å². The molecule has 0 bridgehead atoms. The quantitative estimate of drug-likeness (QED) is 0.159. The number of aryl methyl sites for hydroxylation is 1. The predicted molar refractivity (Wildman–Crippen MR) is 168 cm³/mol. The van der Waals surface area contributed by atoms with Gasteiger partial charge < -0.3 is 14.6 Å². The molecular weight excluding hydrogens is 635 g/mol. The lowest BCUT2D eigenvalue weighted by Gasteiger charge is -2.13. The summed E-state index contributed by atoms with van der Waals surface area (Å²) < 4.78 is 15.5. The number of benzene rings is 3. The highest BCUT2D eigenvalue weighted by Gasteiger charge is 2.22. The first-order valence-electron chi connectivity index (χ1n) is 12.8. The van der Waals surface area contributed by atoms with Crippen LogP contribution in [0.15, 0.2) is 69.3 Å². The molecule has 5 rings (SSSR count). The molecule has 0 spiro atoms. The first-order chi connectivity index (χ1) is 21.0. The average molecular weight is 658 g/mol. The maximum Gasteiger partial charge on any atom is 0.337 e. The zero-order chi connectivity index (χ0) is 31.7. The summed E-state index contributed by atoms with van der Waals surface area (Å²) in [6.07, 6.45) is 1.50. The van der Waals surface area contributed by atoms with Gasteiger partial charge in [-0.1, -0.05) is 40.9 Å². The van der Waals surface area contributed by atoms with Gasteiger partial charge in [0.2, 0.25) is 0 Å². The molecule has 226 valence electrons. The number of nitrogens with zero attached hydrogens (tertiary/aromatic N) is 5. The minimum absolute atomic E-state index is 0.0164. The molecule has 44 heavy (non-hydrogen) atoms. The van der Waals surface area contributed by atoms with E-state index in [1.165, 1.54) is 48.7 Å². The molecule has 5 aromatic rings. The summed E-state index contributed by atoms with van der Waals surface area (Å²) in [5, 5.41) is 14.4. The van der Waals surface area contributed by atoms with Gasteiger partial charge in [-0.15, -0.1) is 0 Å². The normalized spacial score (nSPS) is 11.3. The van der Waals surface area contributed by atoms with Crippen molar-refractivity contribution in [2.24, 2.45) is 19.2 Å². The minimum Gasteiger partial charge on any atom is -0.493 e. The second-order valence-corrected chi connectivity index (χ2v) is 10.7. The lowest BCUT2D eigenvalue weighted by Crippen LogP contribution is -2.37. The number of aromatic carboxylic acids is 1. The number of carboxylic acids is 1. The molecule has 0 aliphatic rings. The Bertz CT molecular complexity index is 2090. The Balaban J connectivity index is 1.50. The molecule has 0 fully saturated rings. The Morgan fingerprint density at radius 1 is 1.00 bits per heavy atom. The Labute approximate surface area is 264 Å². The van der Waals surface area contributed by atoms with Gasteiger partial charge in [0.1, 0.15) is 0 Å². The summed E-state index contributed by atoms with van der Waals surface area (Å²) in [6, 6.07) is 14.4. The molecule has 3 aromatic carbocycles. The van der Waals surface area contributed by atoms with Crippen LogP contribution >= 0.6 is 34.8 Å². The van der Waals surface area contributed by atoms with E-state index in [4.69, 9.17) is 44.3 Å². The van der Waals surface area contributed by atoms with Crippen LogP contribution in [0.5, 0.6) is 17.5 Å². The summed E-state index contributed by atoms with van der Waals surface area (Å²) in [7, 11) is 4.35. The Kier molecular flexibility index (Phi) is 8.68. The van der Waals surface area contributed by atoms with E-state index < -0.39 is 17.2 Å². The fraction of sp³-hybridized carbons (Fsp3) is 0.138. The number of rotatable bonds is 9. The highest BCUT2D eigenvalue weighted by atomic mass is 35.5. The van der Waals surface area contributed by atoms with Crippen molar-refractivity contribution in [3.8, 4) is 17.5 Å². The van der Waals surface area contributed by atoms with E-state index in [0.717, 1.165) is 4.57 Å². The number of aromatic nitrogens is 4. The number of ether oxygens (including phenoxy) is 2. The van der Waals surface area contributed by atoms with Crippen LogP contribution in [0.2, 0.25) is 15.1 Å². The van der Waals surface area contributed by atoms with Gasteiger partial charge in [0.25, 0.3) is 5.56 Å². The zero-order valence-corrected chi connectivity index (χ0v) is 25.6.